The second-order valence-electron chi connectivity index (χ2n) is 3.56. The first-order chi connectivity index (χ1) is 6.37. The summed E-state index contributed by atoms with van der Waals surface area (Å²) in [4.78, 5) is 0. The number of aliphatic hydroxyl groups is 1. The summed E-state index contributed by atoms with van der Waals surface area (Å²) >= 11 is 1.70. The summed E-state index contributed by atoms with van der Waals surface area (Å²) in [5.74, 6) is 0. The predicted molar refractivity (Wildman–Crippen MR) is 53.1 cm³/mol. The van der Waals surface area contributed by atoms with Gasteiger partial charge in [-0.1, -0.05) is 0 Å². The quantitative estimate of drug-likeness (QED) is 0.785. The molecule has 0 amide bonds. The van der Waals surface area contributed by atoms with Crippen molar-refractivity contribution in [2.45, 2.75) is 18.3 Å². The molecular formula is C10H14O2S. The van der Waals surface area contributed by atoms with Crippen LogP contribution in [-0.4, -0.2) is 24.9 Å². The van der Waals surface area contributed by atoms with Gasteiger partial charge < -0.3 is 9.84 Å². The van der Waals surface area contributed by atoms with Crippen LogP contribution in [0.15, 0.2) is 16.8 Å². The third-order valence-electron chi connectivity index (χ3n) is 2.89. The maximum Gasteiger partial charge on any atom is 0.0529 e. The van der Waals surface area contributed by atoms with Gasteiger partial charge in [0.1, 0.15) is 0 Å². The van der Waals surface area contributed by atoms with E-state index < -0.39 is 0 Å². The molecular weight excluding hydrogens is 184 g/mol. The summed E-state index contributed by atoms with van der Waals surface area (Å²) in [6, 6.07) is 2.12. The van der Waals surface area contributed by atoms with Crippen LogP contribution < -0.4 is 0 Å². The van der Waals surface area contributed by atoms with E-state index in [0.29, 0.717) is 0 Å². The molecule has 1 saturated heterocycles. The van der Waals surface area contributed by atoms with E-state index in [2.05, 4.69) is 16.8 Å². The Labute approximate surface area is 82.2 Å². The van der Waals surface area contributed by atoms with E-state index in [0.717, 1.165) is 26.1 Å². The minimum absolute atomic E-state index is 0.0156. The molecule has 0 saturated carbocycles. The van der Waals surface area contributed by atoms with Crippen LogP contribution in [0.4, 0.5) is 0 Å². The first kappa shape index (κ1) is 9.19. The van der Waals surface area contributed by atoms with E-state index in [1.165, 1.54) is 5.56 Å². The highest BCUT2D eigenvalue weighted by Gasteiger charge is 2.33. The highest BCUT2D eigenvalue weighted by atomic mass is 32.1. The van der Waals surface area contributed by atoms with Crippen molar-refractivity contribution in [2.24, 2.45) is 0 Å². The fraction of sp³-hybridized carbons (Fsp3) is 0.600. The van der Waals surface area contributed by atoms with Crippen LogP contribution in [-0.2, 0) is 10.2 Å². The molecule has 1 N–H and O–H groups in total. The lowest BCUT2D eigenvalue weighted by Crippen LogP contribution is -2.36. The van der Waals surface area contributed by atoms with Gasteiger partial charge >= 0.3 is 0 Å². The van der Waals surface area contributed by atoms with Crippen LogP contribution in [0.25, 0.3) is 0 Å². The number of ether oxygens (including phenoxy) is 1. The van der Waals surface area contributed by atoms with E-state index in [9.17, 15) is 5.11 Å². The molecule has 2 rings (SSSR count). The van der Waals surface area contributed by atoms with Gasteiger partial charge in [-0.15, -0.1) is 0 Å². The molecule has 0 bridgehead atoms. The first-order valence-electron chi connectivity index (χ1n) is 4.59. The van der Waals surface area contributed by atoms with Crippen molar-refractivity contribution in [3.63, 3.8) is 0 Å². The largest absolute Gasteiger partial charge is 0.395 e. The molecule has 1 aromatic heterocycles. The van der Waals surface area contributed by atoms with Crippen LogP contribution in [0.5, 0.6) is 0 Å². The van der Waals surface area contributed by atoms with Crippen LogP contribution in [0.2, 0.25) is 0 Å². The Bertz CT molecular complexity index is 250. The van der Waals surface area contributed by atoms with Gasteiger partial charge in [-0.25, -0.2) is 0 Å². The highest BCUT2D eigenvalue weighted by molar-refractivity contribution is 7.08. The van der Waals surface area contributed by atoms with Gasteiger partial charge in [0.2, 0.25) is 0 Å². The van der Waals surface area contributed by atoms with Crippen LogP contribution in [0, 0.1) is 0 Å². The molecule has 2 heterocycles. The lowest BCUT2D eigenvalue weighted by Gasteiger charge is -2.35. The third kappa shape index (κ3) is 1.64. The fourth-order valence-electron chi connectivity index (χ4n) is 1.87. The van der Waals surface area contributed by atoms with Gasteiger partial charge in [0.05, 0.1) is 6.61 Å². The van der Waals surface area contributed by atoms with E-state index in [4.69, 9.17) is 4.74 Å². The SMILES string of the molecule is OCC1(c2ccsc2)CCOCC1. The van der Waals surface area contributed by atoms with Crippen molar-refractivity contribution in [3.05, 3.63) is 22.4 Å². The van der Waals surface area contributed by atoms with Crippen molar-refractivity contribution < 1.29 is 9.84 Å². The second kappa shape index (κ2) is 3.78. The maximum atomic E-state index is 9.46. The third-order valence-corrected chi connectivity index (χ3v) is 3.57. The minimum Gasteiger partial charge on any atom is -0.395 e. The molecule has 3 heteroatoms. The smallest absolute Gasteiger partial charge is 0.0529 e. The molecule has 2 nitrogen and oxygen atoms in total. The molecule has 1 fully saturated rings. The Kier molecular flexibility index (Phi) is 2.67. The molecule has 0 aliphatic carbocycles. The number of hydrogen-bond donors (Lipinski definition) is 1. The number of hydrogen-bond acceptors (Lipinski definition) is 3. The molecule has 1 aliphatic rings. The monoisotopic (exact) mass is 198 g/mol. The molecule has 1 aromatic rings. The van der Waals surface area contributed by atoms with Crippen LogP contribution in [0.1, 0.15) is 18.4 Å². The molecule has 0 atom stereocenters. The van der Waals surface area contributed by atoms with Gasteiger partial charge in [0.25, 0.3) is 0 Å². The zero-order valence-electron chi connectivity index (χ0n) is 7.53. The number of aliphatic hydroxyl groups excluding tert-OH is 1. The first-order valence-corrected chi connectivity index (χ1v) is 5.53. The Balaban J connectivity index is 2.23. The lowest BCUT2D eigenvalue weighted by atomic mass is 9.76. The summed E-state index contributed by atoms with van der Waals surface area (Å²) in [6.07, 6.45) is 1.89. The molecule has 13 heavy (non-hydrogen) atoms. The van der Waals surface area contributed by atoms with E-state index >= 15 is 0 Å². The standard InChI is InChI=1S/C10H14O2S/c11-8-10(2-4-12-5-3-10)9-1-6-13-7-9/h1,6-7,11H,2-5,8H2. The number of rotatable bonds is 2. The van der Waals surface area contributed by atoms with Crippen LogP contribution >= 0.6 is 11.3 Å². The summed E-state index contributed by atoms with van der Waals surface area (Å²) < 4.78 is 5.32. The average Bonchev–Trinajstić information content (AvgIpc) is 2.72. The van der Waals surface area contributed by atoms with Crippen LogP contribution in [0.3, 0.4) is 0 Å². The molecule has 1 aliphatic heterocycles. The molecule has 72 valence electrons. The Morgan fingerprint density at radius 2 is 2.23 bits per heavy atom. The van der Waals surface area contributed by atoms with Gasteiger partial charge in [0.15, 0.2) is 0 Å². The molecule has 0 aromatic carbocycles. The van der Waals surface area contributed by atoms with Crippen molar-refractivity contribution in [1.29, 1.82) is 0 Å². The maximum absolute atomic E-state index is 9.46. The topological polar surface area (TPSA) is 29.5 Å². The van der Waals surface area contributed by atoms with Crippen molar-refractivity contribution in [3.8, 4) is 0 Å². The average molecular weight is 198 g/mol. The van der Waals surface area contributed by atoms with Crippen molar-refractivity contribution >= 4 is 11.3 Å². The summed E-state index contributed by atoms with van der Waals surface area (Å²) in [5.41, 5.74) is 1.27. The summed E-state index contributed by atoms with van der Waals surface area (Å²) in [6.45, 7) is 1.79. The zero-order chi connectivity index (χ0) is 9.15. The molecule has 0 radical (unpaired) electrons. The minimum atomic E-state index is -0.0156. The normalized spacial score (nSPS) is 21.6. The lowest BCUT2D eigenvalue weighted by molar-refractivity contribution is 0.0255. The second-order valence-corrected chi connectivity index (χ2v) is 4.34. The summed E-state index contributed by atoms with van der Waals surface area (Å²) in [7, 11) is 0. The Hall–Kier alpha value is -0.380. The predicted octanol–water partition coefficient (Wildman–Crippen LogP) is 1.79. The Morgan fingerprint density at radius 1 is 1.46 bits per heavy atom. The molecule has 0 unspecified atom stereocenters. The molecule has 0 spiro atoms. The van der Waals surface area contributed by atoms with Gasteiger partial charge in [-0.05, 0) is 35.2 Å². The Morgan fingerprint density at radius 3 is 2.77 bits per heavy atom. The summed E-state index contributed by atoms with van der Waals surface area (Å²) in [5, 5.41) is 13.7. The van der Waals surface area contributed by atoms with Gasteiger partial charge in [0, 0.05) is 18.6 Å². The van der Waals surface area contributed by atoms with Crippen molar-refractivity contribution in [2.75, 3.05) is 19.8 Å². The highest BCUT2D eigenvalue weighted by Crippen LogP contribution is 2.35. The zero-order valence-corrected chi connectivity index (χ0v) is 8.35. The van der Waals surface area contributed by atoms with Gasteiger partial charge in [-0.3, -0.25) is 0 Å². The van der Waals surface area contributed by atoms with E-state index in [1.54, 1.807) is 11.3 Å². The fourth-order valence-corrected chi connectivity index (χ4v) is 2.65. The van der Waals surface area contributed by atoms with Crippen molar-refractivity contribution in [1.82, 2.24) is 0 Å². The number of thiophene rings is 1. The van der Waals surface area contributed by atoms with E-state index in [-0.39, 0.29) is 12.0 Å². The van der Waals surface area contributed by atoms with Gasteiger partial charge in [-0.2, -0.15) is 11.3 Å². The van der Waals surface area contributed by atoms with E-state index in [1.807, 2.05) is 0 Å².